The first-order valence-corrected chi connectivity index (χ1v) is 9.26. The first kappa shape index (κ1) is 23.2. The van der Waals surface area contributed by atoms with Crippen LogP contribution >= 0.6 is 24.0 Å². The van der Waals surface area contributed by atoms with Crippen molar-refractivity contribution in [3.05, 3.63) is 59.3 Å². The Bertz CT molecular complexity index is 803. The molecule has 0 unspecified atom stereocenters. The molecule has 2 aromatic rings. The van der Waals surface area contributed by atoms with E-state index in [1.807, 2.05) is 12.3 Å². The summed E-state index contributed by atoms with van der Waals surface area (Å²) in [7, 11) is 1.66. The van der Waals surface area contributed by atoms with Gasteiger partial charge in [-0.25, -0.2) is 4.98 Å². The molecule has 29 heavy (non-hydrogen) atoms. The largest absolute Gasteiger partial charge is 0.416 e. The van der Waals surface area contributed by atoms with E-state index < -0.39 is 11.7 Å². The zero-order chi connectivity index (χ0) is 20.0. The second kappa shape index (κ2) is 10.7. The number of halogens is 4. The average Bonchev–Trinajstić information content (AvgIpc) is 3.23. The maximum Gasteiger partial charge on any atom is 0.416 e. The summed E-state index contributed by atoms with van der Waals surface area (Å²) in [5, 5.41) is 6.34. The van der Waals surface area contributed by atoms with Crippen LogP contribution < -0.4 is 15.5 Å². The number of anilines is 1. The number of nitrogens with zero attached hydrogens (tertiary/aromatic N) is 3. The summed E-state index contributed by atoms with van der Waals surface area (Å²) in [5.74, 6) is 1.57. The SMILES string of the molecule is CN=C(NCc1ccc(C(F)(F)F)cc1)NCc1ccnc(N2CCCC2)c1.I. The van der Waals surface area contributed by atoms with E-state index in [1.165, 1.54) is 25.0 Å². The number of hydrogen-bond donors (Lipinski definition) is 2. The molecular weight excluding hydrogens is 494 g/mol. The van der Waals surface area contributed by atoms with Gasteiger partial charge in [-0.2, -0.15) is 13.2 Å². The van der Waals surface area contributed by atoms with Crippen LogP contribution in [0.2, 0.25) is 0 Å². The highest BCUT2D eigenvalue weighted by Crippen LogP contribution is 2.29. The molecule has 3 rings (SSSR count). The van der Waals surface area contributed by atoms with Crippen LogP contribution in [0.15, 0.2) is 47.6 Å². The average molecular weight is 519 g/mol. The number of nitrogens with one attached hydrogen (secondary N) is 2. The van der Waals surface area contributed by atoms with Crippen LogP contribution in [0.1, 0.15) is 29.5 Å². The molecule has 0 saturated carbocycles. The molecule has 5 nitrogen and oxygen atoms in total. The summed E-state index contributed by atoms with van der Waals surface area (Å²) in [5.41, 5.74) is 1.19. The first-order valence-electron chi connectivity index (χ1n) is 9.26. The van der Waals surface area contributed by atoms with E-state index in [9.17, 15) is 13.2 Å². The molecular formula is C20H25F3IN5. The number of aliphatic imine (C=N–C) groups is 1. The van der Waals surface area contributed by atoms with Crippen LogP contribution in [-0.2, 0) is 19.3 Å². The molecule has 2 heterocycles. The van der Waals surface area contributed by atoms with Crippen LogP contribution in [0.5, 0.6) is 0 Å². The molecule has 0 radical (unpaired) electrons. The Morgan fingerprint density at radius 2 is 1.66 bits per heavy atom. The normalized spacial score (nSPS) is 14.5. The molecule has 1 saturated heterocycles. The van der Waals surface area contributed by atoms with Gasteiger partial charge in [0.05, 0.1) is 5.56 Å². The number of pyridine rings is 1. The highest BCUT2D eigenvalue weighted by atomic mass is 127. The van der Waals surface area contributed by atoms with Gasteiger partial charge in [0.2, 0.25) is 0 Å². The van der Waals surface area contributed by atoms with Crippen LogP contribution in [0.25, 0.3) is 0 Å². The van der Waals surface area contributed by atoms with E-state index in [0.717, 1.165) is 42.2 Å². The fraction of sp³-hybridized carbons (Fsp3) is 0.400. The van der Waals surface area contributed by atoms with E-state index in [1.54, 1.807) is 7.05 Å². The van der Waals surface area contributed by atoms with E-state index in [-0.39, 0.29) is 24.0 Å². The summed E-state index contributed by atoms with van der Waals surface area (Å²) in [6.45, 7) is 3.05. The minimum Gasteiger partial charge on any atom is -0.357 e. The number of rotatable bonds is 5. The monoisotopic (exact) mass is 519 g/mol. The Kier molecular flexibility index (Phi) is 8.54. The molecule has 1 aromatic carbocycles. The van der Waals surface area contributed by atoms with Crippen molar-refractivity contribution < 1.29 is 13.2 Å². The fourth-order valence-electron chi connectivity index (χ4n) is 3.09. The Balaban J connectivity index is 0.00000300. The maximum atomic E-state index is 12.6. The summed E-state index contributed by atoms with van der Waals surface area (Å²) < 4.78 is 37.9. The van der Waals surface area contributed by atoms with Gasteiger partial charge >= 0.3 is 6.18 Å². The zero-order valence-corrected chi connectivity index (χ0v) is 18.5. The van der Waals surface area contributed by atoms with Crippen LogP contribution in [0.3, 0.4) is 0 Å². The molecule has 0 amide bonds. The zero-order valence-electron chi connectivity index (χ0n) is 16.2. The lowest BCUT2D eigenvalue weighted by molar-refractivity contribution is -0.137. The van der Waals surface area contributed by atoms with Gasteiger partial charge in [-0.3, -0.25) is 4.99 Å². The third kappa shape index (κ3) is 6.76. The van der Waals surface area contributed by atoms with Gasteiger partial charge in [0.25, 0.3) is 0 Å². The molecule has 1 fully saturated rings. The first-order chi connectivity index (χ1) is 13.5. The van der Waals surface area contributed by atoms with Crippen molar-refractivity contribution >= 4 is 35.8 Å². The minimum atomic E-state index is -4.32. The molecule has 1 aliphatic heterocycles. The molecule has 0 atom stereocenters. The maximum absolute atomic E-state index is 12.6. The number of guanidine groups is 1. The highest BCUT2D eigenvalue weighted by molar-refractivity contribution is 14.0. The van der Waals surface area contributed by atoms with Crippen molar-refractivity contribution in [1.29, 1.82) is 0 Å². The molecule has 1 aliphatic rings. The summed E-state index contributed by atoms with van der Waals surface area (Å²) in [6.07, 6.45) is -0.111. The van der Waals surface area contributed by atoms with Gasteiger partial charge in [0, 0.05) is 39.4 Å². The fourth-order valence-corrected chi connectivity index (χ4v) is 3.09. The Hall–Kier alpha value is -2.04. The molecule has 158 valence electrons. The molecule has 2 N–H and O–H groups in total. The van der Waals surface area contributed by atoms with Crippen molar-refractivity contribution in [2.75, 3.05) is 25.0 Å². The van der Waals surface area contributed by atoms with E-state index in [2.05, 4.69) is 31.6 Å². The molecule has 0 spiro atoms. The van der Waals surface area contributed by atoms with Crippen molar-refractivity contribution in [3.8, 4) is 0 Å². The number of aromatic nitrogens is 1. The lowest BCUT2D eigenvalue weighted by atomic mass is 10.1. The third-order valence-corrected chi connectivity index (χ3v) is 4.66. The molecule has 0 bridgehead atoms. The second-order valence-electron chi connectivity index (χ2n) is 6.69. The Labute approximate surface area is 185 Å². The molecule has 1 aromatic heterocycles. The lowest BCUT2D eigenvalue weighted by Gasteiger charge is -2.17. The number of alkyl halides is 3. The summed E-state index contributed by atoms with van der Waals surface area (Å²) in [4.78, 5) is 10.9. The highest BCUT2D eigenvalue weighted by Gasteiger charge is 2.29. The van der Waals surface area contributed by atoms with Crippen LogP contribution in [0.4, 0.5) is 19.0 Å². The topological polar surface area (TPSA) is 52.6 Å². The third-order valence-electron chi connectivity index (χ3n) is 4.66. The molecule has 9 heteroatoms. The standard InChI is InChI=1S/C20H24F3N5.HI/c1-24-19(26-13-15-4-6-17(7-5-15)20(21,22)23)27-14-16-8-9-25-18(12-16)28-10-2-3-11-28;/h4-9,12H,2-3,10-11,13-14H2,1H3,(H2,24,26,27);1H. The summed E-state index contributed by atoms with van der Waals surface area (Å²) in [6, 6.07) is 9.13. The lowest BCUT2D eigenvalue weighted by Crippen LogP contribution is -2.36. The van der Waals surface area contributed by atoms with Crippen molar-refractivity contribution in [3.63, 3.8) is 0 Å². The van der Waals surface area contributed by atoms with Gasteiger partial charge in [-0.15, -0.1) is 24.0 Å². The van der Waals surface area contributed by atoms with E-state index in [4.69, 9.17) is 0 Å². The van der Waals surface area contributed by atoms with Crippen molar-refractivity contribution in [2.24, 2.45) is 4.99 Å². The van der Waals surface area contributed by atoms with Gasteiger partial charge in [0.1, 0.15) is 5.82 Å². The second-order valence-corrected chi connectivity index (χ2v) is 6.69. The van der Waals surface area contributed by atoms with E-state index >= 15 is 0 Å². The van der Waals surface area contributed by atoms with Gasteiger partial charge in [-0.05, 0) is 48.2 Å². The smallest absolute Gasteiger partial charge is 0.357 e. The Morgan fingerprint density at radius 3 is 2.24 bits per heavy atom. The van der Waals surface area contributed by atoms with Gasteiger partial charge in [-0.1, -0.05) is 12.1 Å². The predicted molar refractivity (Wildman–Crippen MR) is 120 cm³/mol. The Morgan fingerprint density at radius 1 is 1.03 bits per heavy atom. The molecule has 0 aliphatic carbocycles. The van der Waals surface area contributed by atoms with Crippen molar-refractivity contribution in [1.82, 2.24) is 15.6 Å². The van der Waals surface area contributed by atoms with Crippen LogP contribution in [-0.4, -0.2) is 31.1 Å². The van der Waals surface area contributed by atoms with Gasteiger partial charge < -0.3 is 15.5 Å². The number of hydrogen-bond acceptors (Lipinski definition) is 3. The van der Waals surface area contributed by atoms with Gasteiger partial charge in [0.15, 0.2) is 5.96 Å². The quantitative estimate of drug-likeness (QED) is 0.354. The van der Waals surface area contributed by atoms with E-state index in [0.29, 0.717) is 19.0 Å². The van der Waals surface area contributed by atoms with Crippen molar-refractivity contribution in [2.45, 2.75) is 32.1 Å². The predicted octanol–water partition coefficient (Wildman–Crippen LogP) is 4.18. The number of benzene rings is 1. The summed E-state index contributed by atoms with van der Waals surface area (Å²) >= 11 is 0. The van der Waals surface area contributed by atoms with Crippen LogP contribution in [0, 0.1) is 0 Å². The minimum absolute atomic E-state index is 0.